The van der Waals surface area contributed by atoms with E-state index in [1.54, 1.807) is 23.2 Å². The van der Waals surface area contributed by atoms with Gasteiger partial charge in [0.25, 0.3) is 11.9 Å². The number of nitrogens with zero attached hydrogens (tertiary/aromatic N) is 2. The number of pyridine rings is 1. The predicted molar refractivity (Wildman–Crippen MR) is 118 cm³/mol. The van der Waals surface area contributed by atoms with Gasteiger partial charge in [0.05, 0.1) is 0 Å². The number of rotatable bonds is 6. The lowest BCUT2D eigenvalue weighted by molar-refractivity contribution is -0.148. The fourth-order valence-corrected chi connectivity index (χ4v) is 4.12. The number of carbonyl (C=O) groups is 3. The van der Waals surface area contributed by atoms with Crippen molar-refractivity contribution in [2.24, 2.45) is 11.7 Å². The molecule has 2 amide bonds. The molecule has 1 aliphatic heterocycles. The van der Waals surface area contributed by atoms with Crippen molar-refractivity contribution in [3.05, 3.63) is 29.6 Å². The Morgan fingerprint density at radius 2 is 1.88 bits per heavy atom. The van der Waals surface area contributed by atoms with Crippen molar-refractivity contribution in [3.63, 3.8) is 0 Å². The molecule has 10 heteroatoms. The molecule has 1 aromatic heterocycles. The smallest absolute Gasteiger partial charge is 0.300 e. The molecule has 176 valence electrons. The van der Waals surface area contributed by atoms with E-state index in [0.29, 0.717) is 18.7 Å². The van der Waals surface area contributed by atoms with Gasteiger partial charge in [-0.05, 0) is 43.2 Å². The first kappa shape index (κ1) is 25.3. The van der Waals surface area contributed by atoms with Crippen LogP contribution in [0.4, 0.5) is 0 Å². The molecule has 1 saturated heterocycles. The van der Waals surface area contributed by atoms with Crippen LogP contribution in [0.1, 0.15) is 63.1 Å². The highest BCUT2D eigenvalue weighted by Crippen LogP contribution is 2.29. The van der Waals surface area contributed by atoms with Gasteiger partial charge in [0.1, 0.15) is 23.7 Å². The van der Waals surface area contributed by atoms with Crippen LogP contribution < -0.4 is 11.1 Å². The molecule has 0 spiro atoms. The van der Waals surface area contributed by atoms with Crippen LogP contribution in [0.5, 0.6) is 0 Å². The van der Waals surface area contributed by atoms with Crippen molar-refractivity contribution in [2.75, 3.05) is 6.54 Å². The molecule has 6 N–H and O–H groups in total. The number of hydrogen-bond donors (Lipinski definition) is 5. The van der Waals surface area contributed by atoms with Crippen molar-refractivity contribution in [3.8, 4) is 0 Å². The Morgan fingerprint density at radius 1 is 1.22 bits per heavy atom. The highest BCUT2D eigenvalue weighted by Gasteiger charge is 2.39. The number of carboxylic acids is 1. The van der Waals surface area contributed by atoms with Gasteiger partial charge in [-0.1, -0.05) is 25.3 Å². The molecule has 1 aromatic rings. The fourth-order valence-electron chi connectivity index (χ4n) is 4.12. The SMILES string of the molecule is CC(=O)O.N=C(N)c1ccc(CNC(=O)[C@H]2CCCN2C(=O)C(O)C2CCCCC2)cn1. The molecule has 2 heterocycles. The van der Waals surface area contributed by atoms with Crippen molar-refractivity contribution < 1.29 is 24.6 Å². The molecular weight excluding hydrogens is 414 g/mol. The lowest BCUT2D eigenvalue weighted by Gasteiger charge is -2.31. The van der Waals surface area contributed by atoms with E-state index in [4.69, 9.17) is 21.0 Å². The van der Waals surface area contributed by atoms with Crippen LogP contribution in [0.3, 0.4) is 0 Å². The summed E-state index contributed by atoms with van der Waals surface area (Å²) in [5.74, 6) is -1.45. The van der Waals surface area contributed by atoms with Crippen LogP contribution in [-0.2, 0) is 20.9 Å². The second kappa shape index (κ2) is 12.1. The van der Waals surface area contributed by atoms with Crippen LogP contribution in [-0.4, -0.2) is 62.4 Å². The zero-order chi connectivity index (χ0) is 23.7. The summed E-state index contributed by atoms with van der Waals surface area (Å²) in [5, 5.41) is 28.1. The van der Waals surface area contributed by atoms with Crippen molar-refractivity contribution in [2.45, 2.75) is 70.6 Å². The number of aromatic nitrogens is 1. The van der Waals surface area contributed by atoms with Crippen LogP contribution >= 0.6 is 0 Å². The number of amidine groups is 1. The summed E-state index contributed by atoms with van der Waals surface area (Å²) in [6.45, 7) is 1.88. The third-order valence-electron chi connectivity index (χ3n) is 5.76. The van der Waals surface area contributed by atoms with Gasteiger partial charge >= 0.3 is 0 Å². The van der Waals surface area contributed by atoms with Crippen LogP contribution in [0.2, 0.25) is 0 Å². The second-order valence-corrected chi connectivity index (χ2v) is 8.23. The molecule has 0 radical (unpaired) electrons. The molecule has 2 aliphatic rings. The number of nitrogen functional groups attached to an aromatic ring is 1. The van der Waals surface area contributed by atoms with E-state index in [1.807, 2.05) is 0 Å². The van der Waals surface area contributed by atoms with E-state index in [9.17, 15) is 14.7 Å². The highest BCUT2D eigenvalue weighted by molar-refractivity contribution is 5.93. The number of nitrogens with one attached hydrogen (secondary N) is 2. The van der Waals surface area contributed by atoms with Gasteiger partial charge in [-0.15, -0.1) is 0 Å². The Kier molecular flexibility index (Phi) is 9.58. The summed E-state index contributed by atoms with van der Waals surface area (Å²) in [4.78, 5) is 40.1. The number of amides is 2. The first-order valence-corrected chi connectivity index (χ1v) is 11.0. The van der Waals surface area contributed by atoms with Gasteiger partial charge in [-0.25, -0.2) is 0 Å². The topological polar surface area (TPSA) is 170 Å². The van der Waals surface area contributed by atoms with E-state index < -0.39 is 18.1 Å². The fraction of sp³-hybridized carbons (Fsp3) is 0.591. The minimum Gasteiger partial charge on any atom is -0.481 e. The lowest BCUT2D eigenvalue weighted by Crippen LogP contribution is -2.50. The third-order valence-corrected chi connectivity index (χ3v) is 5.76. The lowest BCUT2D eigenvalue weighted by atomic mass is 9.84. The number of nitrogens with two attached hydrogens (primary N) is 1. The number of aliphatic hydroxyl groups is 1. The Morgan fingerprint density at radius 3 is 2.44 bits per heavy atom. The van der Waals surface area contributed by atoms with E-state index in [0.717, 1.165) is 51.0 Å². The van der Waals surface area contributed by atoms with Gasteiger partial charge in [0.15, 0.2) is 0 Å². The number of likely N-dealkylation sites (tertiary alicyclic amines) is 1. The number of aliphatic carboxylic acids is 1. The van der Waals surface area contributed by atoms with E-state index >= 15 is 0 Å². The molecule has 0 aromatic carbocycles. The maximum Gasteiger partial charge on any atom is 0.300 e. The normalized spacial score (nSPS) is 19.4. The standard InChI is InChI=1S/C20H29N5O3.C2H4O2/c21-18(22)15-9-8-13(11-23-15)12-24-19(27)16-7-4-10-25(16)20(28)17(26)14-5-2-1-3-6-14;1-2(3)4/h8-9,11,14,16-17,26H,1-7,10,12H2,(H3,21,22)(H,24,27);1H3,(H,3,4)/t16-,17?;/m1./s1. The van der Waals surface area contributed by atoms with Gasteiger partial charge < -0.3 is 26.2 Å². The molecule has 1 saturated carbocycles. The molecule has 1 unspecified atom stereocenters. The Balaban J connectivity index is 0.000000837. The molecule has 2 atom stereocenters. The first-order valence-electron chi connectivity index (χ1n) is 11.0. The van der Waals surface area contributed by atoms with E-state index in [-0.39, 0.29) is 30.1 Å². The highest BCUT2D eigenvalue weighted by atomic mass is 16.4. The van der Waals surface area contributed by atoms with Gasteiger partial charge in [0, 0.05) is 26.2 Å². The van der Waals surface area contributed by atoms with Crippen molar-refractivity contribution >= 4 is 23.6 Å². The van der Waals surface area contributed by atoms with Gasteiger partial charge in [-0.3, -0.25) is 24.8 Å². The molecule has 1 aliphatic carbocycles. The Bertz CT molecular complexity index is 803. The summed E-state index contributed by atoms with van der Waals surface area (Å²) >= 11 is 0. The maximum atomic E-state index is 12.8. The predicted octanol–water partition coefficient (Wildman–Crippen LogP) is 1.00. The summed E-state index contributed by atoms with van der Waals surface area (Å²) in [5.41, 5.74) is 6.56. The minimum atomic E-state index is -1.00. The molecule has 2 fully saturated rings. The van der Waals surface area contributed by atoms with Crippen molar-refractivity contribution in [1.82, 2.24) is 15.2 Å². The number of aliphatic hydroxyl groups excluding tert-OH is 1. The average molecular weight is 448 g/mol. The Labute approximate surface area is 187 Å². The minimum absolute atomic E-state index is 0.0106. The van der Waals surface area contributed by atoms with E-state index in [2.05, 4.69) is 10.3 Å². The first-order chi connectivity index (χ1) is 15.2. The van der Waals surface area contributed by atoms with Crippen LogP contribution in [0.25, 0.3) is 0 Å². The van der Waals surface area contributed by atoms with Gasteiger partial charge in [0.2, 0.25) is 5.91 Å². The summed E-state index contributed by atoms with van der Waals surface area (Å²) in [6, 6.07) is 2.86. The number of carbonyl (C=O) groups excluding carboxylic acids is 2. The Hall–Kier alpha value is -3.01. The number of hydrogen-bond acceptors (Lipinski definition) is 6. The largest absolute Gasteiger partial charge is 0.481 e. The quantitative estimate of drug-likeness (QED) is 0.320. The van der Waals surface area contributed by atoms with Gasteiger partial charge in [-0.2, -0.15) is 0 Å². The molecule has 10 nitrogen and oxygen atoms in total. The molecular formula is C22H33N5O5. The van der Waals surface area contributed by atoms with Crippen LogP contribution in [0.15, 0.2) is 18.3 Å². The maximum absolute atomic E-state index is 12.8. The number of carboxylic acid groups (broad SMARTS) is 1. The zero-order valence-electron chi connectivity index (χ0n) is 18.4. The average Bonchev–Trinajstić information content (AvgIpc) is 3.27. The van der Waals surface area contributed by atoms with Crippen LogP contribution in [0, 0.1) is 11.3 Å². The van der Waals surface area contributed by atoms with E-state index in [1.165, 1.54) is 0 Å². The molecule has 32 heavy (non-hydrogen) atoms. The summed E-state index contributed by atoms with van der Waals surface area (Å²) < 4.78 is 0. The summed E-state index contributed by atoms with van der Waals surface area (Å²) in [7, 11) is 0. The second-order valence-electron chi connectivity index (χ2n) is 8.23. The summed E-state index contributed by atoms with van der Waals surface area (Å²) in [6.07, 6.45) is 6.95. The molecule has 0 bridgehead atoms. The third kappa shape index (κ3) is 7.30. The zero-order valence-corrected chi connectivity index (χ0v) is 18.4. The van der Waals surface area contributed by atoms with Crippen molar-refractivity contribution in [1.29, 1.82) is 5.41 Å². The molecule has 3 rings (SSSR count). The monoisotopic (exact) mass is 447 g/mol.